The third kappa shape index (κ3) is 4.79. The highest BCUT2D eigenvalue weighted by molar-refractivity contribution is 5.94. The van der Waals surface area contributed by atoms with E-state index in [9.17, 15) is 14.4 Å². The van der Waals surface area contributed by atoms with E-state index in [2.05, 4.69) is 11.1 Å². The lowest BCUT2D eigenvalue weighted by Crippen LogP contribution is -2.48. The summed E-state index contributed by atoms with van der Waals surface area (Å²) in [6.45, 7) is 3.90. The van der Waals surface area contributed by atoms with Gasteiger partial charge in [0.2, 0.25) is 11.6 Å². The molecule has 1 aliphatic rings. The summed E-state index contributed by atoms with van der Waals surface area (Å²) >= 11 is 0. The van der Waals surface area contributed by atoms with Gasteiger partial charge in [0.1, 0.15) is 30.0 Å². The second-order valence-corrected chi connectivity index (χ2v) is 8.39. The summed E-state index contributed by atoms with van der Waals surface area (Å²) < 4.78 is 31.1. The molecule has 2 aromatic carbocycles. The number of benzene rings is 2. The standard InChI is InChI=1S/C27H23FN4O4/c1-18-5-2-3-8-23(18)34-17-21-9-10-24(35-21)25-30-22(16-29)27(36-25)32-13-11-31(12-14-32)26(33)19-6-4-7-20(28)15-19/h2-10,15H,11-14,17H2,1H3. The van der Waals surface area contributed by atoms with Crippen molar-refractivity contribution in [2.24, 2.45) is 0 Å². The predicted molar refractivity (Wildman–Crippen MR) is 129 cm³/mol. The molecule has 4 aromatic rings. The zero-order chi connectivity index (χ0) is 25.1. The van der Waals surface area contributed by atoms with Gasteiger partial charge in [0.25, 0.3) is 11.8 Å². The molecule has 0 spiro atoms. The number of oxazole rings is 1. The molecule has 5 rings (SSSR count). The lowest BCUT2D eigenvalue weighted by Gasteiger charge is -2.34. The number of halogens is 1. The Bertz CT molecular complexity index is 1430. The number of aromatic nitrogens is 1. The maximum Gasteiger partial charge on any atom is 0.266 e. The van der Waals surface area contributed by atoms with Crippen LogP contribution in [0.3, 0.4) is 0 Å². The monoisotopic (exact) mass is 486 g/mol. The number of furan rings is 1. The summed E-state index contributed by atoms with van der Waals surface area (Å²) in [5.74, 6) is 1.60. The van der Waals surface area contributed by atoms with E-state index in [-0.39, 0.29) is 24.1 Å². The zero-order valence-corrected chi connectivity index (χ0v) is 19.6. The molecule has 0 radical (unpaired) electrons. The summed E-state index contributed by atoms with van der Waals surface area (Å²) in [6.07, 6.45) is 0. The van der Waals surface area contributed by atoms with Crippen LogP contribution in [0.25, 0.3) is 11.7 Å². The molecule has 8 nitrogen and oxygen atoms in total. The number of para-hydroxylation sites is 1. The van der Waals surface area contributed by atoms with Gasteiger partial charge < -0.3 is 23.4 Å². The molecule has 1 fully saturated rings. The molecule has 0 atom stereocenters. The summed E-state index contributed by atoms with van der Waals surface area (Å²) in [5.41, 5.74) is 1.48. The van der Waals surface area contributed by atoms with Gasteiger partial charge in [-0.15, -0.1) is 0 Å². The number of aryl methyl sites for hydroxylation is 1. The van der Waals surface area contributed by atoms with Gasteiger partial charge in [-0.1, -0.05) is 24.3 Å². The number of amides is 1. The minimum Gasteiger partial charge on any atom is -0.485 e. The van der Waals surface area contributed by atoms with Gasteiger partial charge in [-0.25, -0.2) is 4.39 Å². The van der Waals surface area contributed by atoms with Gasteiger partial charge in [0.15, 0.2) is 5.76 Å². The first-order valence-corrected chi connectivity index (χ1v) is 11.5. The number of rotatable bonds is 6. The maximum absolute atomic E-state index is 13.5. The molecule has 9 heteroatoms. The summed E-state index contributed by atoms with van der Waals surface area (Å²) in [6, 6.07) is 18.9. The first-order chi connectivity index (χ1) is 17.5. The number of carbonyl (C=O) groups is 1. The topological polar surface area (TPSA) is 95.7 Å². The van der Waals surface area contributed by atoms with Crippen molar-refractivity contribution in [3.63, 3.8) is 0 Å². The fourth-order valence-corrected chi connectivity index (χ4v) is 4.06. The van der Waals surface area contributed by atoms with Crippen molar-refractivity contribution < 1.29 is 22.8 Å². The number of carbonyl (C=O) groups excluding carboxylic acids is 1. The highest BCUT2D eigenvalue weighted by Crippen LogP contribution is 2.30. The molecule has 36 heavy (non-hydrogen) atoms. The number of hydrogen-bond acceptors (Lipinski definition) is 7. The van der Waals surface area contributed by atoms with Crippen molar-refractivity contribution >= 4 is 11.8 Å². The van der Waals surface area contributed by atoms with Crippen molar-refractivity contribution in [3.05, 3.63) is 89.1 Å². The van der Waals surface area contributed by atoms with Gasteiger partial charge in [0.05, 0.1) is 0 Å². The SMILES string of the molecule is Cc1ccccc1OCc1ccc(-c2nc(C#N)c(N3CCN(C(=O)c4cccc(F)c4)CC3)o2)o1. The van der Waals surface area contributed by atoms with E-state index in [4.69, 9.17) is 13.6 Å². The summed E-state index contributed by atoms with van der Waals surface area (Å²) in [7, 11) is 0. The summed E-state index contributed by atoms with van der Waals surface area (Å²) in [4.78, 5) is 20.5. The predicted octanol–water partition coefficient (Wildman–Crippen LogP) is 4.80. The van der Waals surface area contributed by atoms with Crippen molar-refractivity contribution in [1.82, 2.24) is 9.88 Å². The van der Waals surface area contributed by atoms with E-state index < -0.39 is 5.82 Å². The number of anilines is 1. The van der Waals surface area contributed by atoms with Crippen LogP contribution in [0.1, 0.15) is 27.4 Å². The number of piperazine rings is 1. The van der Waals surface area contributed by atoms with Crippen LogP contribution in [0.5, 0.6) is 5.75 Å². The van der Waals surface area contributed by atoms with Crippen molar-refractivity contribution in [2.75, 3.05) is 31.1 Å². The lowest BCUT2D eigenvalue weighted by atomic mass is 10.1. The molecule has 1 aliphatic heterocycles. The Morgan fingerprint density at radius 1 is 1.08 bits per heavy atom. The molecule has 182 valence electrons. The van der Waals surface area contributed by atoms with Gasteiger partial charge >= 0.3 is 0 Å². The Morgan fingerprint density at radius 2 is 1.89 bits per heavy atom. The van der Waals surface area contributed by atoms with E-state index >= 15 is 0 Å². The molecule has 0 aliphatic carbocycles. The number of ether oxygens (including phenoxy) is 1. The molecule has 0 bridgehead atoms. The van der Waals surface area contributed by atoms with Crippen LogP contribution in [0, 0.1) is 24.1 Å². The first kappa shape index (κ1) is 23.2. The number of nitriles is 1. The van der Waals surface area contributed by atoms with Crippen LogP contribution in [0.2, 0.25) is 0 Å². The maximum atomic E-state index is 13.5. The Labute approximate surface area is 207 Å². The molecule has 0 saturated carbocycles. The Balaban J connectivity index is 1.25. The van der Waals surface area contributed by atoms with Crippen molar-refractivity contribution in [1.29, 1.82) is 5.26 Å². The van der Waals surface area contributed by atoms with Crippen LogP contribution in [0.15, 0.2) is 69.5 Å². The second-order valence-electron chi connectivity index (χ2n) is 8.39. The average molecular weight is 487 g/mol. The van der Waals surface area contributed by atoms with Gasteiger partial charge in [-0.05, 0) is 48.9 Å². The van der Waals surface area contributed by atoms with Crippen LogP contribution in [-0.2, 0) is 6.61 Å². The molecule has 2 aromatic heterocycles. The molecule has 1 saturated heterocycles. The Kier molecular flexibility index (Phi) is 6.41. The highest BCUT2D eigenvalue weighted by atomic mass is 19.1. The molecular formula is C27H23FN4O4. The van der Waals surface area contributed by atoms with Gasteiger partial charge in [-0.3, -0.25) is 4.79 Å². The van der Waals surface area contributed by atoms with Gasteiger partial charge in [-0.2, -0.15) is 10.2 Å². The van der Waals surface area contributed by atoms with E-state index in [0.29, 0.717) is 49.1 Å². The van der Waals surface area contributed by atoms with Crippen LogP contribution < -0.4 is 9.64 Å². The largest absolute Gasteiger partial charge is 0.485 e. The van der Waals surface area contributed by atoms with E-state index in [1.54, 1.807) is 23.1 Å². The molecule has 0 N–H and O–H groups in total. The Morgan fingerprint density at radius 3 is 2.64 bits per heavy atom. The first-order valence-electron chi connectivity index (χ1n) is 11.5. The normalized spacial score (nSPS) is 13.5. The lowest BCUT2D eigenvalue weighted by molar-refractivity contribution is 0.0745. The number of nitrogens with zero attached hydrogens (tertiary/aromatic N) is 4. The highest BCUT2D eigenvalue weighted by Gasteiger charge is 2.28. The molecule has 1 amide bonds. The fourth-order valence-electron chi connectivity index (χ4n) is 4.06. The minimum atomic E-state index is -0.449. The van der Waals surface area contributed by atoms with Crippen LogP contribution in [-0.4, -0.2) is 42.0 Å². The minimum absolute atomic E-state index is 0.143. The van der Waals surface area contributed by atoms with Crippen molar-refractivity contribution in [2.45, 2.75) is 13.5 Å². The zero-order valence-electron chi connectivity index (χ0n) is 19.6. The third-order valence-electron chi connectivity index (χ3n) is 5.98. The Hall–Kier alpha value is -4.58. The van der Waals surface area contributed by atoms with Gasteiger partial charge in [0, 0.05) is 31.7 Å². The van der Waals surface area contributed by atoms with E-state index in [0.717, 1.165) is 11.3 Å². The second kappa shape index (κ2) is 9.96. The van der Waals surface area contributed by atoms with Crippen molar-refractivity contribution in [3.8, 4) is 23.5 Å². The average Bonchev–Trinajstić information content (AvgIpc) is 3.55. The van der Waals surface area contributed by atoms with E-state index in [1.165, 1.54) is 18.2 Å². The molecule has 0 unspecified atom stereocenters. The fraction of sp³-hybridized carbons (Fsp3) is 0.222. The van der Waals surface area contributed by atoms with E-state index in [1.807, 2.05) is 36.1 Å². The van der Waals surface area contributed by atoms with Crippen LogP contribution >= 0.6 is 0 Å². The molecule has 3 heterocycles. The van der Waals surface area contributed by atoms with Crippen LogP contribution in [0.4, 0.5) is 10.3 Å². The summed E-state index contributed by atoms with van der Waals surface area (Å²) in [5, 5.41) is 9.62. The smallest absolute Gasteiger partial charge is 0.266 e. The quantitative estimate of drug-likeness (QED) is 0.386. The third-order valence-corrected chi connectivity index (χ3v) is 5.98. The molecular weight excluding hydrogens is 463 g/mol. The number of hydrogen-bond donors (Lipinski definition) is 0.